The highest BCUT2D eigenvalue weighted by Gasteiger charge is 2.35. The summed E-state index contributed by atoms with van der Waals surface area (Å²) in [4.78, 5) is 12.0. The van der Waals surface area contributed by atoms with Gasteiger partial charge in [-0.3, -0.25) is 4.79 Å². The lowest BCUT2D eigenvalue weighted by molar-refractivity contribution is -0.124. The van der Waals surface area contributed by atoms with Crippen LogP contribution in [0.2, 0.25) is 0 Å². The molecular weight excluding hydrogens is 259 g/mol. The van der Waals surface area contributed by atoms with Crippen LogP contribution in [0.4, 0.5) is 4.39 Å². The topological polar surface area (TPSA) is 64.4 Å². The monoisotopic (exact) mass is 280 g/mol. The van der Waals surface area contributed by atoms with Crippen molar-refractivity contribution in [3.05, 3.63) is 35.6 Å². The molecule has 1 aliphatic heterocycles. The van der Waals surface area contributed by atoms with Crippen molar-refractivity contribution in [2.75, 3.05) is 19.8 Å². The molecular formula is C15H21FN2O2. The van der Waals surface area contributed by atoms with E-state index in [9.17, 15) is 9.18 Å². The van der Waals surface area contributed by atoms with Gasteiger partial charge in [-0.25, -0.2) is 4.39 Å². The summed E-state index contributed by atoms with van der Waals surface area (Å²) in [6.45, 7) is 1.62. The van der Waals surface area contributed by atoms with Crippen molar-refractivity contribution in [1.82, 2.24) is 5.32 Å². The minimum absolute atomic E-state index is 0.0402. The van der Waals surface area contributed by atoms with E-state index >= 15 is 0 Å². The molecule has 1 aromatic rings. The quantitative estimate of drug-likeness (QED) is 0.862. The molecule has 1 heterocycles. The summed E-state index contributed by atoms with van der Waals surface area (Å²) in [5.41, 5.74) is 5.71. The second-order valence-corrected chi connectivity index (χ2v) is 5.15. The van der Waals surface area contributed by atoms with Crippen molar-refractivity contribution in [1.29, 1.82) is 0 Å². The second kappa shape index (κ2) is 6.81. The van der Waals surface area contributed by atoms with Crippen LogP contribution in [0, 0.1) is 5.82 Å². The van der Waals surface area contributed by atoms with Gasteiger partial charge in [0.15, 0.2) is 0 Å². The molecule has 0 bridgehead atoms. The van der Waals surface area contributed by atoms with E-state index in [0.717, 1.165) is 5.56 Å². The summed E-state index contributed by atoms with van der Waals surface area (Å²) >= 11 is 0. The van der Waals surface area contributed by atoms with Gasteiger partial charge < -0.3 is 15.8 Å². The van der Waals surface area contributed by atoms with E-state index in [4.69, 9.17) is 10.5 Å². The molecule has 4 nitrogen and oxygen atoms in total. The Hall–Kier alpha value is -1.46. The molecule has 1 aromatic carbocycles. The normalized spacial score (nSPS) is 17.7. The van der Waals surface area contributed by atoms with Gasteiger partial charge in [-0.1, -0.05) is 12.1 Å². The van der Waals surface area contributed by atoms with Crippen molar-refractivity contribution in [2.45, 2.75) is 31.2 Å². The predicted octanol–water partition coefficient (Wildman–Crippen LogP) is 1.69. The number of rotatable bonds is 5. The number of nitrogens with two attached hydrogens (primary N) is 1. The van der Waals surface area contributed by atoms with Gasteiger partial charge >= 0.3 is 0 Å². The minimum Gasteiger partial charge on any atom is -0.381 e. The Kier molecular flexibility index (Phi) is 5.09. The van der Waals surface area contributed by atoms with Gasteiger partial charge in [0.1, 0.15) is 5.82 Å². The van der Waals surface area contributed by atoms with E-state index in [1.165, 1.54) is 12.1 Å². The number of halogens is 1. The number of carbonyl (C=O) groups is 1. The summed E-state index contributed by atoms with van der Waals surface area (Å²) in [7, 11) is 0. The highest BCUT2D eigenvalue weighted by Crippen LogP contribution is 2.32. The first-order valence-corrected chi connectivity index (χ1v) is 7.01. The number of amides is 1. The maximum atomic E-state index is 13.5. The highest BCUT2D eigenvalue weighted by molar-refractivity contribution is 5.77. The van der Waals surface area contributed by atoms with Gasteiger partial charge in [0, 0.05) is 19.6 Å². The van der Waals surface area contributed by atoms with Crippen molar-refractivity contribution < 1.29 is 13.9 Å². The smallest absolute Gasteiger partial charge is 0.220 e. The maximum absolute atomic E-state index is 13.5. The fourth-order valence-electron chi connectivity index (χ4n) is 2.58. The fourth-order valence-corrected chi connectivity index (χ4v) is 2.58. The van der Waals surface area contributed by atoms with Crippen molar-refractivity contribution in [3.8, 4) is 0 Å². The third-order valence-corrected chi connectivity index (χ3v) is 3.71. The number of hydrogen-bond donors (Lipinski definition) is 2. The van der Waals surface area contributed by atoms with Gasteiger partial charge in [-0.05, 0) is 43.5 Å². The SMILES string of the molecule is NCCCC(=O)NC1(c2cccc(F)c2)CCOCC1. The third-order valence-electron chi connectivity index (χ3n) is 3.71. The zero-order chi connectivity index (χ0) is 14.4. The van der Waals surface area contributed by atoms with Gasteiger partial charge in [0.25, 0.3) is 0 Å². The Labute approximate surface area is 118 Å². The van der Waals surface area contributed by atoms with Crippen LogP contribution in [0.1, 0.15) is 31.2 Å². The molecule has 0 radical (unpaired) electrons. The minimum atomic E-state index is -0.522. The van der Waals surface area contributed by atoms with Crippen molar-refractivity contribution in [2.24, 2.45) is 5.73 Å². The summed E-state index contributed by atoms with van der Waals surface area (Å²) in [6.07, 6.45) is 2.37. The zero-order valence-electron chi connectivity index (χ0n) is 11.5. The van der Waals surface area contributed by atoms with Crippen molar-refractivity contribution in [3.63, 3.8) is 0 Å². The number of nitrogens with one attached hydrogen (secondary N) is 1. The van der Waals surface area contributed by atoms with Crippen LogP contribution in [-0.4, -0.2) is 25.7 Å². The fraction of sp³-hybridized carbons (Fsp3) is 0.533. The largest absolute Gasteiger partial charge is 0.381 e. The van der Waals surface area contributed by atoms with Crippen LogP contribution in [0.5, 0.6) is 0 Å². The molecule has 0 unspecified atom stereocenters. The number of benzene rings is 1. The lowest BCUT2D eigenvalue weighted by atomic mass is 9.82. The van der Waals surface area contributed by atoms with Crippen LogP contribution >= 0.6 is 0 Å². The molecule has 1 fully saturated rings. The molecule has 1 saturated heterocycles. The molecule has 0 aromatic heterocycles. The number of ether oxygens (including phenoxy) is 1. The summed E-state index contributed by atoms with van der Waals surface area (Å²) in [5.74, 6) is -0.328. The molecule has 0 saturated carbocycles. The van der Waals surface area contributed by atoms with E-state index in [1.54, 1.807) is 6.07 Å². The van der Waals surface area contributed by atoms with E-state index in [1.807, 2.05) is 6.07 Å². The lowest BCUT2D eigenvalue weighted by Crippen LogP contribution is -2.49. The van der Waals surface area contributed by atoms with Crippen molar-refractivity contribution >= 4 is 5.91 Å². The summed E-state index contributed by atoms with van der Waals surface area (Å²) in [5, 5.41) is 3.07. The molecule has 20 heavy (non-hydrogen) atoms. The second-order valence-electron chi connectivity index (χ2n) is 5.15. The molecule has 5 heteroatoms. The van der Waals surface area contributed by atoms with Crippen LogP contribution in [0.15, 0.2) is 24.3 Å². The molecule has 1 aliphatic rings. The first-order chi connectivity index (χ1) is 9.66. The molecule has 0 atom stereocenters. The van der Waals surface area contributed by atoms with Gasteiger partial charge in [-0.2, -0.15) is 0 Å². The average molecular weight is 280 g/mol. The molecule has 110 valence electrons. The summed E-state index contributed by atoms with van der Waals surface area (Å²) < 4.78 is 18.8. The van der Waals surface area contributed by atoms with E-state index in [0.29, 0.717) is 45.4 Å². The van der Waals surface area contributed by atoms with Crippen LogP contribution in [0.3, 0.4) is 0 Å². The van der Waals surface area contributed by atoms with Crippen LogP contribution < -0.4 is 11.1 Å². The highest BCUT2D eigenvalue weighted by atomic mass is 19.1. The van der Waals surface area contributed by atoms with Gasteiger partial charge in [0.2, 0.25) is 5.91 Å². The van der Waals surface area contributed by atoms with E-state index in [-0.39, 0.29) is 11.7 Å². The summed E-state index contributed by atoms with van der Waals surface area (Å²) in [6, 6.07) is 6.44. The zero-order valence-corrected chi connectivity index (χ0v) is 11.5. The van der Waals surface area contributed by atoms with Crippen LogP contribution in [0.25, 0.3) is 0 Å². The maximum Gasteiger partial charge on any atom is 0.220 e. The lowest BCUT2D eigenvalue weighted by Gasteiger charge is -2.38. The first-order valence-electron chi connectivity index (χ1n) is 7.01. The Morgan fingerprint density at radius 1 is 1.40 bits per heavy atom. The van der Waals surface area contributed by atoms with Crippen LogP contribution in [-0.2, 0) is 15.1 Å². The molecule has 2 rings (SSSR count). The average Bonchev–Trinajstić information content (AvgIpc) is 2.46. The third kappa shape index (κ3) is 3.55. The first kappa shape index (κ1) is 14.9. The Bertz CT molecular complexity index is 459. The molecule has 0 aliphatic carbocycles. The number of hydrogen-bond acceptors (Lipinski definition) is 3. The van der Waals surface area contributed by atoms with Gasteiger partial charge in [-0.15, -0.1) is 0 Å². The predicted molar refractivity (Wildman–Crippen MR) is 74.6 cm³/mol. The van der Waals surface area contributed by atoms with Gasteiger partial charge in [0.05, 0.1) is 5.54 Å². The molecule has 0 spiro atoms. The Morgan fingerprint density at radius 2 is 2.15 bits per heavy atom. The molecule has 1 amide bonds. The standard InChI is InChI=1S/C15H21FN2O2/c16-13-4-1-3-12(11-13)15(6-9-20-10-7-15)18-14(19)5-2-8-17/h1,3-4,11H,2,5-10,17H2,(H,18,19). The van der Waals surface area contributed by atoms with E-state index in [2.05, 4.69) is 5.32 Å². The Balaban J connectivity index is 2.19. The number of carbonyl (C=O) groups excluding carboxylic acids is 1. The molecule has 3 N–H and O–H groups in total. The van der Waals surface area contributed by atoms with E-state index < -0.39 is 5.54 Å². The Morgan fingerprint density at radius 3 is 2.80 bits per heavy atom.